The van der Waals surface area contributed by atoms with Gasteiger partial charge in [0.2, 0.25) is 0 Å². The Balaban J connectivity index is 2.46. The maximum atomic E-state index is 5.89. The van der Waals surface area contributed by atoms with E-state index in [2.05, 4.69) is 18.1 Å². The van der Waals surface area contributed by atoms with E-state index in [0.29, 0.717) is 11.0 Å². The van der Waals surface area contributed by atoms with E-state index in [1.165, 1.54) is 0 Å². The molecular weight excluding hydrogens is 252 g/mol. The van der Waals surface area contributed by atoms with Gasteiger partial charge in [-0.05, 0) is 32.4 Å². The SMILES string of the molecule is COCCC(C)N1CCC(SC)(C(N)=S)CC1. The number of nitrogens with zero attached hydrogens (tertiary/aromatic N) is 1. The number of likely N-dealkylation sites (tertiary alicyclic amines) is 1. The quantitative estimate of drug-likeness (QED) is 0.750. The van der Waals surface area contributed by atoms with Crippen LogP contribution in [-0.2, 0) is 4.74 Å². The van der Waals surface area contributed by atoms with Crippen LogP contribution in [0.25, 0.3) is 0 Å². The fraction of sp³-hybridized carbons (Fsp3) is 0.917. The van der Waals surface area contributed by atoms with E-state index >= 15 is 0 Å². The topological polar surface area (TPSA) is 38.5 Å². The van der Waals surface area contributed by atoms with Crippen molar-refractivity contribution in [3.63, 3.8) is 0 Å². The first-order chi connectivity index (χ1) is 8.05. The Hall–Kier alpha value is 0.160. The van der Waals surface area contributed by atoms with Gasteiger partial charge in [-0.1, -0.05) is 12.2 Å². The van der Waals surface area contributed by atoms with E-state index < -0.39 is 0 Å². The lowest BCUT2D eigenvalue weighted by Gasteiger charge is -2.42. The van der Waals surface area contributed by atoms with Crippen molar-refractivity contribution in [2.75, 3.05) is 33.1 Å². The number of thiocarbonyl (C=S) groups is 1. The molecule has 17 heavy (non-hydrogen) atoms. The predicted octanol–water partition coefficient (Wildman–Crippen LogP) is 1.90. The molecule has 1 fully saturated rings. The maximum Gasteiger partial charge on any atom is 0.0891 e. The summed E-state index contributed by atoms with van der Waals surface area (Å²) < 4.78 is 5.17. The van der Waals surface area contributed by atoms with Gasteiger partial charge in [-0.2, -0.15) is 11.8 Å². The first-order valence-electron chi connectivity index (χ1n) is 6.14. The molecule has 1 saturated heterocycles. The van der Waals surface area contributed by atoms with Gasteiger partial charge in [0, 0.05) is 32.8 Å². The minimum absolute atomic E-state index is 0.0345. The Morgan fingerprint density at radius 2 is 2.12 bits per heavy atom. The van der Waals surface area contributed by atoms with Gasteiger partial charge in [-0.3, -0.25) is 0 Å². The molecule has 1 rings (SSSR count). The molecule has 0 saturated carbocycles. The van der Waals surface area contributed by atoms with Crippen LogP contribution in [0.4, 0.5) is 0 Å². The van der Waals surface area contributed by atoms with Crippen molar-refractivity contribution in [3.8, 4) is 0 Å². The zero-order chi connectivity index (χ0) is 12.9. The van der Waals surface area contributed by atoms with Gasteiger partial charge in [-0.15, -0.1) is 0 Å². The summed E-state index contributed by atoms with van der Waals surface area (Å²) in [5, 5.41) is 0. The number of piperidine rings is 1. The summed E-state index contributed by atoms with van der Waals surface area (Å²) in [4.78, 5) is 3.19. The Morgan fingerprint density at radius 1 is 1.53 bits per heavy atom. The molecule has 0 amide bonds. The molecular formula is C12H24N2OS2. The standard InChI is InChI=1S/C12H24N2OS2/c1-10(4-9-15-2)14-7-5-12(17-3,6-8-14)11(13)16/h10H,4-9H2,1-3H3,(H2,13,16). The molecule has 1 aliphatic heterocycles. The van der Waals surface area contributed by atoms with E-state index in [1.54, 1.807) is 7.11 Å². The van der Waals surface area contributed by atoms with Crippen molar-refractivity contribution in [1.82, 2.24) is 4.90 Å². The van der Waals surface area contributed by atoms with Crippen LogP contribution in [0.15, 0.2) is 0 Å². The average molecular weight is 276 g/mol. The van der Waals surface area contributed by atoms with Crippen molar-refractivity contribution in [2.45, 2.75) is 37.0 Å². The molecule has 0 aromatic heterocycles. The van der Waals surface area contributed by atoms with Crippen LogP contribution in [-0.4, -0.2) is 53.7 Å². The first-order valence-corrected chi connectivity index (χ1v) is 7.77. The molecule has 0 aromatic rings. The Labute approximate surface area is 114 Å². The number of hydrogen-bond donors (Lipinski definition) is 1. The van der Waals surface area contributed by atoms with Crippen LogP contribution in [0.2, 0.25) is 0 Å². The molecule has 1 aliphatic rings. The van der Waals surface area contributed by atoms with Crippen LogP contribution < -0.4 is 5.73 Å². The van der Waals surface area contributed by atoms with Crippen LogP contribution in [0, 0.1) is 0 Å². The van der Waals surface area contributed by atoms with Crippen molar-refractivity contribution < 1.29 is 4.74 Å². The zero-order valence-electron chi connectivity index (χ0n) is 11.1. The van der Waals surface area contributed by atoms with E-state index in [-0.39, 0.29) is 4.75 Å². The molecule has 3 nitrogen and oxygen atoms in total. The fourth-order valence-electron chi connectivity index (χ4n) is 2.35. The van der Waals surface area contributed by atoms with E-state index in [4.69, 9.17) is 22.7 Å². The third kappa shape index (κ3) is 3.81. The zero-order valence-corrected chi connectivity index (χ0v) is 12.7. The van der Waals surface area contributed by atoms with Crippen molar-refractivity contribution in [3.05, 3.63) is 0 Å². The summed E-state index contributed by atoms with van der Waals surface area (Å²) >= 11 is 7.03. The lowest BCUT2D eigenvalue weighted by molar-refractivity contribution is 0.120. The van der Waals surface area contributed by atoms with E-state index in [1.807, 2.05) is 11.8 Å². The van der Waals surface area contributed by atoms with E-state index in [0.717, 1.165) is 39.0 Å². The third-order valence-electron chi connectivity index (χ3n) is 3.81. The second kappa shape index (κ2) is 6.92. The summed E-state index contributed by atoms with van der Waals surface area (Å²) in [6, 6.07) is 0.584. The van der Waals surface area contributed by atoms with Crippen LogP contribution in [0.5, 0.6) is 0 Å². The molecule has 100 valence electrons. The highest BCUT2D eigenvalue weighted by Gasteiger charge is 2.37. The molecule has 1 heterocycles. The van der Waals surface area contributed by atoms with Gasteiger partial charge >= 0.3 is 0 Å². The maximum absolute atomic E-state index is 5.89. The molecule has 0 aromatic carbocycles. The number of ether oxygens (including phenoxy) is 1. The molecule has 0 radical (unpaired) electrons. The Kier molecular flexibility index (Phi) is 6.20. The molecule has 0 aliphatic carbocycles. The normalized spacial score (nSPS) is 22.3. The summed E-state index contributed by atoms with van der Waals surface area (Å²) in [7, 11) is 1.76. The monoisotopic (exact) mass is 276 g/mol. The van der Waals surface area contributed by atoms with Gasteiger partial charge in [0.1, 0.15) is 0 Å². The lowest BCUT2D eigenvalue weighted by Crippen LogP contribution is -2.51. The second-order valence-corrected chi connectivity index (χ2v) is 6.36. The van der Waals surface area contributed by atoms with Crippen LogP contribution in [0.3, 0.4) is 0 Å². The second-order valence-electron chi connectivity index (χ2n) is 4.73. The number of rotatable bonds is 6. The van der Waals surface area contributed by atoms with Gasteiger partial charge in [0.15, 0.2) is 0 Å². The number of hydrogen-bond acceptors (Lipinski definition) is 4. The Bertz CT molecular complexity index is 253. The van der Waals surface area contributed by atoms with Crippen LogP contribution >= 0.6 is 24.0 Å². The summed E-state index contributed by atoms with van der Waals surface area (Å²) in [6.45, 7) is 5.28. The Morgan fingerprint density at radius 3 is 2.53 bits per heavy atom. The molecule has 5 heteroatoms. The summed E-state index contributed by atoms with van der Waals surface area (Å²) in [5.41, 5.74) is 5.89. The number of methoxy groups -OCH3 is 1. The van der Waals surface area contributed by atoms with Crippen molar-refractivity contribution in [1.29, 1.82) is 0 Å². The largest absolute Gasteiger partial charge is 0.392 e. The summed E-state index contributed by atoms with van der Waals surface area (Å²) in [5.74, 6) is 0. The van der Waals surface area contributed by atoms with Gasteiger partial charge in [0.25, 0.3) is 0 Å². The molecule has 0 spiro atoms. The minimum atomic E-state index is 0.0345. The molecule has 2 N–H and O–H groups in total. The molecule has 0 bridgehead atoms. The van der Waals surface area contributed by atoms with Gasteiger partial charge < -0.3 is 15.4 Å². The third-order valence-corrected chi connectivity index (χ3v) is 5.74. The molecule has 1 atom stereocenters. The van der Waals surface area contributed by atoms with Gasteiger partial charge in [0.05, 0.1) is 9.74 Å². The highest BCUT2D eigenvalue weighted by atomic mass is 32.2. The lowest BCUT2D eigenvalue weighted by atomic mass is 9.94. The highest BCUT2D eigenvalue weighted by molar-refractivity contribution is 8.02. The highest BCUT2D eigenvalue weighted by Crippen LogP contribution is 2.35. The van der Waals surface area contributed by atoms with Crippen LogP contribution in [0.1, 0.15) is 26.2 Å². The first kappa shape index (κ1) is 15.2. The minimum Gasteiger partial charge on any atom is -0.392 e. The van der Waals surface area contributed by atoms with E-state index in [9.17, 15) is 0 Å². The average Bonchev–Trinajstić information content (AvgIpc) is 2.35. The summed E-state index contributed by atoms with van der Waals surface area (Å²) in [6.07, 6.45) is 5.35. The predicted molar refractivity (Wildman–Crippen MR) is 79.8 cm³/mol. The van der Waals surface area contributed by atoms with Crippen molar-refractivity contribution >= 4 is 29.0 Å². The van der Waals surface area contributed by atoms with Crippen molar-refractivity contribution in [2.24, 2.45) is 5.73 Å². The number of thioether (sulfide) groups is 1. The number of nitrogens with two attached hydrogens (primary N) is 1. The smallest absolute Gasteiger partial charge is 0.0891 e. The fourth-order valence-corrected chi connectivity index (χ4v) is 3.59. The van der Waals surface area contributed by atoms with Gasteiger partial charge in [-0.25, -0.2) is 0 Å². The molecule has 1 unspecified atom stereocenters.